The molecule has 7 rings (SSSR count). The second-order valence-electron chi connectivity index (χ2n) is 15.0. The van der Waals surface area contributed by atoms with Crippen molar-refractivity contribution in [2.45, 2.75) is 87.9 Å². The van der Waals surface area contributed by atoms with Crippen molar-refractivity contribution in [3.8, 4) is 5.75 Å². The van der Waals surface area contributed by atoms with Crippen molar-refractivity contribution in [1.29, 1.82) is 0 Å². The number of nitrogens with zero attached hydrogens (tertiary/aromatic N) is 4. The summed E-state index contributed by atoms with van der Waals surface area (Å²) in [7, 11) is 0.0911. The lowest BCUT2D eigenvalue weighted by atomic mass is 9.68. The molecule has 3 aromatic rings. The number of rotatable bonds is 6. The molecule has 1 N–H and O–H groups in total. The Morgan fingerprint density at radius 3 is 2.79 bits per heavy atom. The summed E-state index contributed by atoms with van der Waals surface area (Å²) in [6.45, 7) is 3.95. The van der Waals surface area contributed by atoms with E-state index in [4.69, 9.17) is 21.1 Å². The van der Waals surface area contributed by atoms with Gasteiger partial charge in [-0.1, -0.05) is 36.7 Å². The second kappa shape index (κ2) is 15.4. The highest BCUT2D eigenvalue weighted by molar-refractivity contribution is 7.93. The summed E-state index contributed by atoms with van der Waals surface area (Å²) in [6, 6.07) is 13.5. The largest absolute Gasteiger partial charge is 0.490 e. The average Bonchev–Trinajstić information content (AvgIpc) is 3.47. The molecule has 4 aliphatic rings. The molecule has 278 valence electrons. The first-order valence-electron chi connectivity index (χ1n) is 18.7. The van der Waals surface area contributed by atoms with E-state index in [1.807, 2.05) is 38.2 Å². The van der Waals surface area contributed by atoms with Gasteiger partial charge in [0.1, 0.15) is 15.7 Å². The number of hydrogen-bond acceptors (Lipinski definition) is 7. The Bertz CT molecular complexity index is 1970. The van der Waals surface area contributed by atoms with E-state index in [1.54, 1.807) is 24.1 Å². The SMILES string of the molecule is CC[C@@H]1CC/C=C\[C@H](OC)[C@@H]2CC[C@H]2CN2C[C@@]3(CCCc4cc(Cl)ccc43)COc3ccc(cc32)C(=O)N=S1(=O)NC(=O)CCc1ccnn1C. The highest BCUT2D eigenvalue weighted by atomic mass is 35.5. The van der Waals surface area contributed by atoms with Gasteiger partial charge in [0, 0.05) is 61.6 Å². The molecule has 10 nitrogen and oxygen atoms in total. The maximum Gasteiger partial charge on any atom is 0.286 e. The first-order chi connectivity index (χ1) is 25.1. The topological polar surface area (TPSA) is 115 Å². The van der Waals surface area contributed by atoms with Gasteiger partial charge in [0.15, 0.2) is 0 Å². The van der Waals surface area contributed by atoms with Crippen LogP contribution in [-0.4, -0.2) is 64.0 Å². The molecule has 2 amide bonds. The van der Waals surface area contributed by atoms with Gasteiger partial charge in [-0.3, -0.25) is 19.0 Å². The zero-order valence-electron chi connectivity index (χ0n) is 30.4. The van der Waals surface area contributed by atoms with Crippen LogP contribution >= 0.6 is 11.6 Å². The van der Waals surface area contributed by atoms with Crippen molar-refractivity contribution in [2.24, 2.45) is 23.2 Å². The third-order valence-corrected chi connectivity index (χ3v) is 14.5. The molecular weight excluding hydrogens is 698 g/mol. The number of hydrogen-bond donors (Lipinski definition) is 1. The van der Waals surface area contributed by atoms with E-state index in [0.29, 0.717) is 55.4 Å². The van der Waals surface area contributed by atoms with Gasteiger partial charge in [-0.15, -0.1) is 4.36 Å². The Kier molecular flexibility index (Phi) is 10.8. The molecular formula is C40H50ClN5O5S. The number of allylic oxidation sites excluding steroid dienone is 1. The van der Waals surface area contributed by atoms with Crippen molar-refractivity contribution in [3.05, 3.63) is 88.2 Å². The van der Waals surface area contributed by atoms with Gasteiger partial charge in [-0.25, -0.2) is 4.21 Å². The predicted octanol–water partition coefficient (Wildman–Crippen LogP) is 6.99. The fourth-order valence-corrected chi connectivity index (χ4v) is 11.0. The summed E-state index contributed by atoms with van der Waals surface area (Å²) in [6.07, 6.45) is 13.2. The normalized spacial score (nSPS) is 29.5. The molecule has 1 fully saturated rings. The molecule has 12 heteroatoms. The number of carbonyl (C=O) groups excluding carboxylic acids is 2. The molecule has 1 saturated carbocycles. The minimum Gasteiger partial charge on any atom is -0.490 e. The van der Waals surface area contributed by atoms with Crippen molar-refractivity contribution >= 4 is 39.0 Å². The van der Waals surface area contributed by atoms with Crippen LogP contribution in [0.4, 0.5) is 5.69 Å². The Hall–Kier alpha value is -3.67. The van der Waals surface area contributed by atoms with Gasteiger partial charge < -0.3 is 14.4 Å². The number of carbonyl (C=O) groups is 2. The van der Waals surface area contributed by atoms with Crippen LogP contribution in [0.2, 0.25) is 5.02 Å². The fourth-order valence-electron chi connectivity index (χ4n) is 8.74. The summed E-state index contributed by atoms with van der Waals surface area (Å²) in [4.78, 5) is 29.9. The lowest BCUT2D eigenvalue weighted by Gasteiger charge is -2.46. The van der Waals surface area contributed by atoms with E-state index in [9.17, 15) is 13.8 Å². The van der Waals surface area contributed by atoms with Gasteiger partial charge in [0.2, 0.25) is 5.91 Å². The molecule has 2 aliphatic heterocycles. The third-order valence-electron chi connectivity index (χ3n) is 11.8. The highest BCUT2D eigenvalue weighted by Crippen LogP contribution is 2.47. The zero-order valence-corrected chi connectivity index (χ0v) is 32.0. The van der Waals surface area contributed by atoms with E-state index in [0.717, 1.165) is 61.6 Å². The van der Waals surface area contributed by atoms with Crippen LogP contribution in [0, 0.1) is 11.8 Å². The molecule has 6 atom stereocenters. The Morgan fingerprint density at radius 1 is 1.17 bits per heavy atom. The number of methoxy groups -OCH3 is 1. The van der Waals surface area contributed by atoms with E-state index < -0.39 is 27.0 Å². The summed E-state index contributed by atoms with van der Waals surface area (Å²) < 4.78 is 36.4. The van der Waals surface area contributed by atoms with Gasteiger partial charge in [0.25, 0.3) is 5.91 Å². The van der Waals surface area contributed by atoms with Crippen LogP contribution in [0.3, 0.4) is 0 Å². The molecule has 52 heavy (non-hydrogen) atoms. The van der Waals surface area contributed by atoms with E-state index in [1.165, 1.54) is 11.1 Å². The number of nitrogens with one attached hydrogen (secondary N) is 1. The molecule has 1 unspecified atom stereocenters. The fraction of sp³-hybridized carbons (Fsp3) is 0.525. The molecule has 3 heterocycles. The monoisotopic (exact) mass is 747 g/mol. The number of halogens is 1. The van der Waals surface area contributed by atoms with E-state index in [-0.39, 0.29) is 17.9 Å². The Labute approximate surface area is 312 Å². The maximum absolute atomic E-state index is 14.8. The zero-order chi connectivity index (χ0) is 36.5. The number of ether oxygens (including phenoxy) is 2. The average molecular weight is 748 g/mol. The molecule has 0 saturated heterocycles. The third kappa shape index (κ3) is 7.41. The minimum atomic E-state index is -3.50. The molecule has 1 aromatic heterocycles. The highest BCUT2D eigenvalue weighted by Gasteiger charge is 2.44. The summed E-state index contributed by atoms with van der Waals surface area (Å²) in [5.74, 6) is 0.428. The summed E-state index contributed by atoms with van der Waals surface area (Å²) in [5, 5.41) is 4.39. The number of benzene rings is 2. The second-order valence-corrected chi connectivity index (χ2v) is 17.6. The van der Waals surface area contributed by atoms with Crippen molar-refractivity contribution in [1.82, 2.24) is 14.5 Å². The lowest BCUT2D eigenvalue weighted by Crippen LogP contribution is -2.49. The van der Waals surface area contributed by atoms with Crippen molar-refractivity contribution < 1.29 is 23.3 Å². The quantitative estimate of drug-likeness (QED) is 0.271. The first-order valence-corrected chi connectivity index (χ1v) is 20.6. The van der Waals surface area contributed by atoms with Gasteiger partial charge >= 0.3 is 0 Å². The first kappa shape index (κ1) is 36.7. The van der Waals surface area contributed by atoms with Gasteiger partial charge in [-0.05, 0) is 117 Å². The van der Waals surface area contributed by atoms with Crippen molar-refractivity contribution in [3.63, 3.8) is 0 Å². The smallest absolute Gasteiger partial charge is 0.286 e. The van der Waals surface area contributed by atoms with Crippen molar-refractivity contribution in [2.75, 3.05) is 31.7 Å². The molecule has 2 aliphatic carbocycles. The summed E-state index contributed by atoms with van der Waals surface area (Å²) >= 11 is 6.47. The number of aryl methyl sites for hydroxylation is 3. The minimum absolute atomic E-state index is 0.0467. The van der Waals surface area contributed by atoms with Crippen LogP contribution in [-0.2, 0) is 44.8 Å². The van der Waals surface area contributed by atoms with Crippen LogP contribution in [0.1, 0.15) is 85.5 Å². The van der Waals surface area contributed by atoms with Crippen LogP contribution in [0.25, 0.3) is 0 Å². The number of amides is 2. The summed E-state index contributed by atoms with van der Waals surface area (Å²) in [5.41, 5.74) is 4.33. The van der Waals surface area contributed by atoms with Gasteiger partial charge in [-0.2, -0.15) is 5.10 Å². The molecule has 2 aromatic carbocycles. The van der Waals surface area contributed by atoms with Crippen LogP contribution < -0.4 is 14.4 Å². The van der Waals surface area contributed by atoms with Gasteiger partial charge in [0.05, 0.1) is 23.6 Å². The van der Waals surface area contributed by atoms with Crippen LogP contribution in [0.15, 0.2) is 65.2 Å². The van der Waals surface area contributed by atoms with E-state index in [2.05, 4.69) is 43.4 Å². The number of anilines is 1. The number of aromatic nitrogens is 2. The Morgan fingerprint density at radius 2 is 2.04 bits per heavy atom. The lowest BCUT2D eigenvalue weighted by molar-refractivity contribution is -0.119. The maximum atomic E-state index is 14.8. The molecule has 0 radical (unpaired) electrons. The molecule has 2 bridgehead atoms. The standard InChI is InChI=1S/C40H50ClN5O5S/c1-4-32-9-5-6-10-36(50-3)33-15-11-29(33)24-46-25-40(20-7-8-27-22-30(41)13-16-34(27)40)26-51-37-17-12-28(23-35(37)46)39(48)44-52(32,49)43-38(47)18-14-31-19-21-42-45(31)2/h6,10,12-13,16-17,19,21-23,29,32-33,36H,4-5,7-9,11,14-15,18,20,24-26H2,1-3H3,(H,43,44,47,48,49)/b10-6-/t29-,32+,33+,36-,40-,52?/m0/s1. The number of fused-ring (bicyclic) bond motifs is 4. The Balaban J connectivity index is 1.28. The molecule has 1 spiro atoms. The van der Waals surface area contributed by atoms with E-state index >= 15 is 0 Å². The predicted molar refractivity (Wildman–Crippen MR) is 204 cm³/mol. The van der Waals surface area contributed by atoms with Crippen LogP contribution in [0.5, 0.6) is 5.75 Å².